The molecule has 2 N–H and O–H groups in total. The molecule has 2 fully saturated rings. The Balaban J connectivity index is 1.78. The summed E-state index contributed by atoms with van der Waals surface area (Å²) in [5.41, 5.74) is 6.26. The molecule has 2 saturated heterocycles. The van der Waals surface area contributed by atoms with E-state index < -0.39 is 9.84 Å². The summed E-state index contributed by atoms with van der Waals surface area (Å²) in [6, 6.07) is 1.62. The van der Waals surface area contributed by atoms with Crippen molar-refractivity contribution < 1.29 is 8.42 Å². The molecule has 2 bridgehead atoms. The van der Waals surface area contributed by atoms with Crippen LogP contribution in [0.2, 0.25) is 0 Å². The van der Waals surface area contributed by atoms with Crippen molar-refractivity contribution in [2.75, 3.05) is 19.1 Å². The van der Waals surface area contributed by atoms with E-state index in [2.05, 4.69) is 11.9 Å². The van der Waals surface area contributed by atoms with Crippen LogP contribution in [0.5, 0.6) is 0 Å². The van der Waals surface area contributed by atoms with Gasteiger partial charge in [-0.05, 0) is 51.5 Å². The number of nitrogens with zero attached hydrogens (tertiary/aromatic N) is 1. The molecule has 0 aliphatic carbocycles. The Morgan fingerprint density at radius 1 is 1.28 bits per heavy atom. The average molecular weight is 274 g/mol. The fourth-order valence-electron chi connectivity index (χ4n) is 3.62. The van der Waals surface area contributed by atoms with Crippen LogP contribution in [0.1, 0.15) is 38.5 Å². The van der Waals surface area contributed by atoms with E-state index in [0.29, 0.717) is 12.3 Å². The Labute approximate surface area is 111 Å². The SMILES string of the molecule is CN1C2CCC1CC(C(N)CCCS(C)(=O)=O)C2. The molecular formula is C13H26N2O2S. The molecule has 5 heteroatoms. The quantitative estimate of drug-likeness (QED) is 0.813. The van der Waals surface area contributed by atoms with E-state index >= 15 is 0 Å². The molecule has 4 nitrogen and oxygen atoms in total. The summed E-state index contributed by atoms with van der Waals surface area (Å²) in [6.07, 6.45) is 7.89. The van der Waals surface area contributed by atoms with E-state index in [4.69, 9.17) is 5.73 Å². The van der Waals surface area contributed by atoms with Gasteiger partial charge in [-0.15, -0.1) is 0 Å². The number of hydrogen-bond acceptors (Lipinski definition) is 4. The Morgan fingerprint density at radius 2 is 1.83 bits per heavy atom. The zero-order valence-corrected chi connectivity index (χ0v) is 12.3. The molecule has 18 heavy (non-hydrogen) atoms. The maximum atomic E-state index is 11.1. The standard InChI is InChI=1S/C13H26N2O2S/c1-15-11-5-6-12(15)9-10(8-11)13(14)4-3-7-18(2,16)17/h10-13H,3-9,14H2,1-2H3. The maximum Gasteiger partial charge on any atom is 0.147 e. The van der Waals surface area contributed by atoms with Crippen molar-refractivity contribution in [2.24, 2.45) is 11.7 Å². The molecule has 0 aromatic heterocycles. The Hall–Kier alpha value is -0.130. The second-order valence-corrected chi connectivity index (χ2v) is 8.48. The highest BCUT2D eigenvalue weighted by Gasteiger charge is 2.39. The minimum Gasteiger partial charge on any atom is -0.327 e. The molecule has 0 amide bonds. The van der Waals surface area contributed by atoms with Gasteiger partial charge in [0.15, 0.2) is 0 Å². The van der Waals surface area contributed by atoms with Crippen LogP contribution in [-0.2, 0) is 9.84 Å². The van der Waals surface area contributed by atoms with Crippen molar-refractivity contribution in [2.45, 2.75) is 56.7 Å². The van der Waals surface area contributed by atoms with E-state index in [0.717, 1.165) is 18.5 Å². The number of sulfone groups is 1. The summed E-state index contributed by atoms with van der Waals surface area (Å²) in [5, 5.41) is 0. The van der Waals surface area contributed by atoms with E-state index in [-0.39, 0.29) is 11.8 Å². The number of fused-ring (bicyclic) bond motifs is 2. The van der Waals surface area contributed by atoms with Crippen molar-refractivity contribution in [1.82, 2.24) is 4.90 Å². The van der Waals surface area contributed by atoms with Gasteiger partial charge >= 0.3 is 0 Å². The third-order valence-corrected chi connectivity index (χ3v) is 5.82. The van der Waals surface area contributed by atoms with Gasteiger partial charge in [0, 0.05) is 30.1 Å². The van der Waals surface area contributed by atoms with Gasteiger partial charge in [-0.1, -0.05) is 0 Å². The highest BCUT2D eigenvalue weighted by atomic mass is 32.2. The first-order chi connectivity index (χ1) is 8.37. The molecule has 106 valence electrons. The summed E-state index contributed by atoms with van der Waals surface area (Å²) in [4.78, 5) is 2.51. The molecule has 2 aliphatic heterocycles. The van der Waals surface area contributed by atoms with Crippen molar-refractivity contribution in [3.63, 3.8) is 0 Å². The topological polar surface area (TPSA) is 63.4 Å². The highest BCUT2D eigenvalue weighted by Crippen LogP contribution is 2.38. The lowest BCUT2D eigenvalue weighted by Gasteiger charge is -2.38. The Morgan fingerprint density at radius 3 is 2.33 bits per heavy atom. The van der Waals surface area contributed by atoms with Gasteiger partial charge in [0.2, 0.25) is 0 Å². The van der Waals surface area contributed by atoms with Gasteiger partial charge in [-0.3, -0.25) is 0 Å². The fraction of sp³-hybridized carbons (Fsp3) is 1.00. The molecule has 0 aromatic rings. The predicted molar refractivity (Wildman–Crippen MR) is 74.2 cm³/mol. The number of piperidine rings is 1. The van der Waals surface area contributed by atoms with Crippen molar-refractivity contribution in [3.05, 3.63) is 0 Å². The fourth-order valence-corrected chi connectivity index (χ4v) is 4.31. The normalized spacial score (nSPS) is 34.7. The minimum atomic E-state index is -2.83. The molecular weight excluding hydrogens is 248 g/mol. The average Bonchev–Trinajstić information content (AvgIpc) is 2.51. The second kappa shape index (κ2) is 5.47. The summed E-state index contributed by atoms with van der Waals surface area (Å²) in [7, 11) is -0.602. The zero-order chi connectivity index (χ0) is 13.3. The van der Waals surface area contributed by atoms with Crippen LogP contribution in [0.4, 0.5) is 0 Å². The molecule has 2 aliphatic rings. The third-order valence-electron chi connectivity index (χ3n) is 4.79. The largest absolute Gasteiger partial charge is 0.327 e. The summed E-state index contributed by atoms with van der Waals surface area (Å²) >= 11 is 0. The van der Waals surface area contributed by atoms with Crippen LogP contribution >= 0.6 is 0 Å². The van der Waals surface area contributed by atoms with Crippen LogP contribution in [-0.4, -0.2) is 50.5 Å². The summed E-state index contributed by atoms with van der Waals surface area (Å²) < 4.78 is 22.2. The highest BCUT2D eigenvalue weighted by molar-refractivity contribution is 7.90. The van der Waals surface area contributed by atoms with Crippen molar-refractivity contribution >= 4 is 9.84 Å². The van der Waals surface area contributed by atoms with Gasteiger partial charge in [0.05, 0.1) is 0 Å². The predicted octanol–water partition coefficient (Wildman–Crippen LogP) is 1.01. The van der Waals surface area contributed by atoms with Gasteiger partial charge in [0.25, 0.3) is 0 Å². The molecule has 0 aromatic carbocycles. The van der Waals surface area contributed by atoms with Crippen molar-refractivity contribution in [3.8, 4) is 0 Å². The van der Waals surface area contributed by atoms with E-state index in [1.807, 2.05) is 0 Å². The van der Waals surface area contributed by atoms with E-state index in [1.54, 1.807) is 0 Å². The Bertz CT molecular complexity index is 368. The zero-order valence-electron chi connectivity index (χ0n) is 11.5. The lowest BCUT2D eigenvalue weighted by Crippen LogP contribution is -2.45. The number of hydrogen-bond donors (Lipinski definition) is 1. The van der Waals surface area contributed by atoms with Crippen LogP contribution in [0.25, 0.3) is 0 Å². The monoisotopic (exact) mass is 274 g/mol. The lowest BCUT2D eigenvalue weighted by molar-refractivity contribution is 0.119. The second-order valence-electron chi connectivity index (χ2n) is 6.22. The first-order valence-electron chi connectivity index (χ1n) is 7.02. The molecule has 2 rings (SSSR count). The molecule has 0 saturated carbocycles. The van der Waals surface area contributed by atoms with Crippen LogP contribution in [0.3, 0.4) is 0 Å². The van der Waals surface area contributed by atoms with Gasteiger partial charge in [-0.25, -0.2) is 8.42 Å². The first kappa shape index (κ1) is 14.3. The molecule has 0 spiro atoms. The molecule has 2 heterocycles. The van der Waals surface area contributed by atoms with Crippen LogP contribution in [0.15, 0.2) is 0 Å². The minimum absolute atomic E-state index is 0.184. The van der Waals surface area contributed by atoms with Gasteiger partial charge in [0.1, 0.15) is 9.84 Å². The maximum absolute atomic E-state index is 11.1. The molecule has 3 unspecified atom stereocenters. The third kappa shape index (κ3) is 3.45. The van der Waals surface area contributed by atoms with E-state index in [1.165, 1.54) is 31.9 Å². The van der Waals surface area contributed by atoms with Crippen molar-refractivity contribution in [1.29, 1.82) is 0 Å². The van der Waals surface area contributed by atoms with Gasteiger partial charge < -0.3 is 10.6 Å². The molecule has 0 radical (unpaired) electrons. The van der Waals surface area contributed by atoms with E-state index in [9.17, 15) is 8.42 Å². The smallest absolute Gasteiger partial charge is 0.147 e. The summed E-state index contributed by atoms with van der Waals surface area (Å²) in [5.74, 6) is 0.874. The lowest BCUT2D eigenvalue weighted by atomic mass is 9.84. The first-order valence-corrected chi connectivity index (χ1v) is 9.08. The number of nitrogens with two attached hydrogens (primary N) is 1. The molecule has 3 atom stereocenters. The van der Waals surface area contributed by atoms with Crippen LogP contribution in [0, 0.1) is 5.92 Å². The summed E-state index contributed by atoms with van der Waals surface area (Å²) in [6.45, 7) is 0. The van der Waals surface area contributed by atoms with Crippen LogP contribution < -0.4 is 5.73 Å². The van der Waals surface area contributed by atoms with Gasteiger partial charge in [-0.2, -0.15) is 0 Å². The number of rotatable bonds is 5. The Kier molecular flexibility index (Phi) is 4.34.